The third kappa shape index (κ3) is 3.10. The Kier molecular flexibility index (Phi) is 4.37. The molecule has 0 saturated heterocycles. The van der Waals surface area contributed by atoms with Crippen molar-refractivity contribution in [3.05, 3.63) is 33.6 Å². The zero-order valence-corrected chi connectivity index (χ0v) is 11.6. The number of nitrogens with zero attached hydrogens (tertiary/aromatic N) is 1. The second kappa shape index (κ2) is 6.04. The van der Waals surface area contributed by atoms with Gasteiger partial charge in [-0.25, -0.2) is 9.18 Å². The Morgan fingerprint density at radius 1 is 1.43 bits per heavy atom. The molecule has 8 heteroatoms. The van der Waals surface area contributed by atoms with Gasteiger partial charge in [0, 0.05) is 13.2 Å². The smallest absolute Gasteiger partial charge is 0.340 e. The van der Waals surface area contributed by atoms with Crippen LogP contribution in [0.2, 0.25) is 0 Å². The van der Waals surface area contributed by atoms with Crippen molar-refractivity contribution < 1.29 is 23.6 Å². The minimum absolute atomic E-state index is 0.00962. The molecule has 0 aliphatic heterocycles. The molecule has 1 N–H and O–H groups in total. The number of nitro benzene ring substituents is 1. The second-order valence-electron chi connectivity index (χ2n) is 4.77. The van der Waals surface area contributed by atoms with E-state index in [0.29, 0.717) is 12.8 Å². The van der Waals surface area contributed by atoms with Crippen LogP contribution >= 0.6 is 0 Å². The van der Waals surface area contributed by atoms with Gasteiger partial charge in [-0.3, -0.25) is 10.1 Å². The summed E-state index contributed by atoms with van der Waals surface area (Å²) in [5.41, 5.74) is -0.657. The van der Waals surface area contributed by atoms with Crippen LogP contribution in [0.5, 0.6) is 0 Å². The number of hydrogen-bond acceptors (Lipinski definition) is 6. The van der Waals surface area contributed by atoms with Crippen molar-refractivity contribution >= 4 is 17.3 Å². The molecular formula is C13H15FN2O5. The highest BCUT2D eigenvalue weighted by atomic mass is 19.1. The minimum atomic E-state index is -0.984. The standard InChI is InChI=1S/C13H15FN2O5/c1-20-8-3-7(4-8)15-11-5-9(13(17)21-2)10(14)6-12(11)16(18)19/h5-8,15H,3-4H2,1-2H3. The summed E-state index contributed by atoms with van der Waals surface area (Å²) < 4.78 is 23.3. The number of esters is 1. The van der Waals surface area contributed by atoms with Gasteiger partial charge in [-0.1, -0.05) is 0 Å². The number of nitrogens with one attached hydrogen (secondary N) is 1. The number of carbonyl (C=O) groups is 1. The molecule has 21 heavy (non-hydrogen) atoms. The fourth-order valence-electron chi connectivity index (χ4n) is 2.19. The van der Waals surface area contributed by atoms with E-state index in [1.165, 1.54) is 0 Å². The molecular weight excluding hydrogens is 283 g/mol. The van der Waals surface area contributed by atoms with Gasteiger partial charge >= 0.3 is 5.97 Å². The fourth-order valence-corrected chi connectivity index (χ4v) is 2.19. The highest BCUT2D eigenvalue weighted by molar-refractivity contribution is 5.92. The van der Waals surface area contributed by atoms with Crippen LogP contribution in [0, 0.1) is 15.9 Å². The Morgan fingerprint density at radius 2 is 2.10 bits per heavy atom. The lowest BCUT2D eigenvalue weighted by Gasteiger charge is -2.35. The normalized spacial score (nSPS) is 20.5. The number of halogens is 1. The predicted molar refractivity (Wildman–Crippen MR) is 71.8 cm³/mol. The van der Waals surface area contributed by atoms with Gasteiger partial charge in [0.15, 0.2) is 0 Å². The van der Waals surface area contributed by atoms with Crippen molar-refractivity contribution in [2.75, 3.05) is 19.5 Å². The second-order valence-corrected chi connectivity index (χ2v) is 4.77. The highest BCUT2D eigenvalue weighted by Gasteiger charge is 2.31. The van der Waals surface area contributed by atoms with Gasteiger partial charge in [0.25, 0.3) is 5.69 Å². The molecule has 1 aliphatic rings. The third-order valence-electron chi connectivity index (χ3n) is 3.48. The van der Waals surface area contributed by atoms with E-state index in [1.54, 1.807) is 7.11 Å². The van der Waals surface area contributed by atoms with E-state index in [-0.39, 0.29) is 23.4 Å². The van der Waals surface area contributed by atoms with Gasteiger partial charge in [-0.2, -0.15) is 0 Å². The van der Waals surface area contributed by atoms with Crippen molar-refractivity contribution in [2.45, 2.75) is 25.0 Å². The molecule has 1 aromatic rings. The van der Waals surface area contributed by atoms with Gasteiger partial charge in [0.1, 0.15) is 11.5 Å². The van der Waals surface area contributed by atoms with Crippen molar-refractivity contribution in [1.82, 2.24) is 0 Å². The molecule has 0 amide bonds. The molecule has 0 unspecified atom stereocenters. The van der Waals surface area contributed by atoms with Crippen LogP contribution in [0.25, 0.3) is 0 Å². The van der Waals surface area contributed by atoms with Crippen molar-refractivity contribution in [2.24, 2.45) is 0 Å². The molecule has 0 heterocycles. The van der Waals surface area contributed by atoms with Crippen molar-refractivity contribution in [3.63, 3.8) is 0 Å². The first-order valence-electron chi connectivity index (χ1n) is 6.31. The number of methoxy groups -OCH3 is 2. The molecule has 1 saturated carbocycles. The number of benzene rings is 1. The molecule has 0 bridgehead atoms. The lowest BCUT2D eigenvalue weighted by atomic mass is 9.89. The summed E-state index contributed by atoms with van der Waals surface area (Å²) in [6, 6.07) is 1.82. The Morgan fingerprint density at radius 3 is 2.62 bits per heavy atom. The van der Waals surface area contributed by atoms with Crippen LogP contribution in [0.1, 0.15) is 23.2 Å². The number of carbonyl (C=O) groups excluding carboxylic acids is 1. The number of anilines is 1. The first-order chi connectivity index (χ1) is 9.96. The lowest BCUT2D eigenvalue weighted by Crippen LogP contribution is -2.40. The SMILES string of the molecule is COC(=O)c1cc(NC2CC(OC)C2)c([N+](=O)[O-])cc1F. The monoisotopic (exact) mass is 298 g/mol. The van der Waals surface area contributed by atoms with Gasteiger partial charge in [-0.05, 0) is 18.9 Å². The van der Waals surface area contributed by atoms with E-state index in [0.717, 1.165) is 19.2 Å². The summed E-state index contributed by atoms with van der Waals surface area (Å²) in [6.07, 6.45) is 1.50. The highest BCUT2D eigenvalue weighted by Crippen LogP contribution is 2.33. The Hall–Kier alpha value is -2.22. The van der Waals surface area contributed by atoms with Crippen LogP contribution in [0.4, 0.5) is 15.8 Å². The molecule has 1 aliphatic carbocycles. The van der Waals surface area contributed by atoms with Crippen LogP contribution in [0.15, 0.2) is 12.1 Å². The van der Waals surface area contributed by atoms with Gasteiger partial charge in [0.05, 0.1) is 29.8 Å². The average Bonchev–Trinajstić information content (AvgIpc) is 2.42. The van der Waals surface area contributed by atoms with Crippen LogP contribution in [-0.2, 0) is 9.47 Å². The van der Waals surface area contributed by atoms with Crippen molar-refractivity contribution in [1.29, 1.82) is 0 Å². The summed E-state index contributed by atoms with van der Waals surface area (Å²) in [4.78, 5) is 21.8. The molecule has 0 spiro atoms. The number of hydrogen-bond donors (Lipinski definition) is 1. The minimum Gasteiger partial charge on any atom is -0.465 e. The number of nitro groups is 1. The first-order valence-corrected chi connectivity index (χ1v) is 6.31. The topological polar surface area (TPSA) is 90.7 Å². The average molecular weight is 298 g/mol. The number of ether oxygens (including phenoxy) is 2. The zero-order chi connectivity index (χ0) is 15.6. The predicted octanol–water partition coefficient (Wildman–Crippen LogP) is 2.11. The maximum absolute atomic E-state index is 13.7. The van der Waals surface area contributed by atoms with E-state index in [2.05, 4.69) is 10.1 Å². The summed E-state index contributed by atoms with van der Waals surface area (Å²) in [5.74, 6) is -1.86. The summed E-state index contributed by atoms with van der Waals surface area (Å²) >= 11 is 0. The lowest BCUT2D eigenvalue weighted by molar-refractivity contribution is -0.384. The molecule has 114 valence electrons. The summed E-state index contributed by atoms with van der Waals surface area (Å²) in [7, 11) is 2.71. The molecule has 1 fully saturated rings. The first kappa shape index (κ1) is 15.2. The largest absolute Gasteiger partial charge is 0.465 e. The molecule has 0 aromatic heterocycles. The van der Waals surface area contributed by atoms with Gasteiger partial charge in [0.2, 0.25) is 0 Å². The van der Waals surface area contributed by atoms with Crippen LogP contribution < -0.4 is 5.32 Å². The molecule has 0 radical (unpaired) electrons. The maximum atomic E-state index is 13.7. The Bertz CT molecular complexity index is 572. The van der Waals surface area contributed by atoms with E-state index in [9.17, 15) is 19.3 Å². The Balaban J connectivity index is 2.28. The molecule has 1 aromatic carbocycles. The Labute approximate surface area is 120 Å². The molecule has 7 nitrogen and oxygen atoms in total. The van der Waals surface area contributed by atoms with Gasteiger partial charge < -0.3 is 14.8 Å². The van der Waals surface area contributed by atoms with E-state index in [1.807, 2.05) is 0 Å². The molecule has 0 atom stereocenters. The fraction of sp³-hybridized carbons (Fsp3) is 0.462. The van der Waals surface area contributed by atoms with Gasteiger partial charge in [-0.15, -0.1) is 0 Å². The summed E-state index contributed by atoms with van der Waals surface area (Å²) in [6.45, 7) is 0. The van der Waals surface area contributed by atoms with E-state index in [4.69, 9.17) is 4.74 Å². The maximum Gasteiger partial charge on any atom is 0.340 e. The van der Waals surface area contributed by atoms with Crippen molar-refractivity contribution in [3.8, 4) is 0 Å². The zero-order valence-electron chi connectivity index (χ0n) is 11.6. The third-order valence-corrected chi connectivity index (χ3v) is 3.48. The van der Waals surface area contributed by atoms with E-state index >= 15 is 0 Å². The van der Waals surface area contributed by atoms with Crippen LogP contribution in [-0.4, -0.2) is 37.3 Å². The number of rotatable bonds is 5. The molecule has 2 rings (SSSR count). The quantitative estimate of drug-likeness (QED) is 0.508. The summed E-state index contributed by atoms with van der Waals surface area (Å²) in [5, 5.41) is 13.9. The van der Waals surface area contributed by atoms with Crippen LogP contribution in [0.3, 0.4) is 0 Å². The van der Waals surface area contributed by atoms with E-state index < -0.39 is 22.4 Å².